The van der Waals surface area contributed by atoms with Crippen molar-refractivity contribution in [2.45, 2.75) is 44.9 Å². The average Bonchev–Trinajstić information content (AvgIpc) is 2.63. The third kappa shape index (κ3) is 3.19. The summed E-state index contributed by atoms with van der Waals surface area (Å²) in [5.41, 5.74) is 0.753. The van der Waals surface area contributed by atoms with Crippen LogP contribution in [-0.4, -0.2) is 28.6 Å². The van der Waals surface area contributed by atoms with Gasteiger partial charge in [-0.1, -0.05) is 6.42 Å². The number of piperidine rings is 1. The summed E-state index contributed by atoms with van der Waals surface area (Å²) in [5.74, 6) is 0. The van der Waals surface area contributed by atoms with Crippen molar-refractivity contribution in [3.63, 3.8) is 0 Å². The molecule has 0 saturated carbocycles. The third-order valence-electron chi connectivity index (χ3n) is 3.02. The van der Waals surface area contributed by atoms with Crippen molar-refractivity contribution in [3.8, 4) is 0 Å². The number of halogens is 3. The Morgan fingerprint density at radius 2 is 2.24 bits per heavy atom. The third-order valence-corrected chi connectivity index (χ3v) is 3.85. The number of hydrogen-bond donors (Lipinski definition) is 0. The summed E-state index contributed by atoms with van der Waals surface area (Å²) in [6.45, 7) is 2.70. The highest BCUT2D eigenvalue weighted by molar-refractivity contribution is 7.09. The first-order valence-corrected chi connectivity index (χ1v) is 6.56. The van der Waals surface area contributed by atoms with Crippen LogP contribution in [0.4, 0.5) is 13.2 Å². The van der Waals surface area contributed by atoms with Gasteiger partial charge in [0.25, 0.3) is 0 Å². The standard InChI is InChI=1S/C11H15F3N2S/c1-8-15-9(7-17-8)6-16-5-3-2-4-10(16)11(12,13)14/h7,10H,2-6H2,1H3. The Hall–Kier alpha value is -0.620. The first-order valence-electron chi connectivity index (χ1n) is 5.68. The van der Waals surface area contributed by atoms with Crippen molar-refractivity contribution in [2.75, 3.05) is 6.54 Å². The van der Waals surface area contributed by atoms with Crippen LogP contribution in [0, 0.1) is 6.92 Å². The van der Waals surface area contributed by atoms with Gasteiger partial charge in [-0.15, -0.1) is 11.3 Å². The van der Waals surface area contributed by atoms with Crippen LogP contribution in [-0.2, 0) is 6.54 Å². The van der Waals surface area contributed by atoms with Gasteiger partial charge in [0.2, 0.25) is 0 Å². The zero-order valence-electron chi connectivity index (χ0n) is 9.63. The first kappa shape index (κ1) is 12.8. The number of alkyl halides is 3. The van der Waals surface area contributed by atoms with Gasteiger partial charge >= 0.3 is 6.18 Å². The number of aryl methyl sites for hydroxylation is 1. The molecule has 2 heterocycles. The molecule has 0 spiro atoms. The van der Waals surface area contributed by atoms with Crippen molar-refractivity contribution >= 4 is 11.3 Å². The molecule has 2 rings (SSSR count). The molecule has 6 heteroatoms. The van der Waals surface area contributed by atoms with E-state index >= 15 is 0 Å². The molecule has 1 aliphatic rings. The lowest BCUT2D eigenvalue weighted by Crippen LogP contribution is -2.48. The number of hydrogen-bond acceptors (Lipinski definition) is 3. The van der Waals surface area contributed by atoms with E-state index in [0.717, 1.165) is 17.1 Å². The molecule has 0 amide bonds. The first-order chi connectivity index (χ1) is 7.97. The Morgan fingerprint density at radius 1 is 1.47 bits per heavy atom. The zero-order chi connectivity index (χ0) is 12.5. The van der Waals surface area contributed by atoms with E-state index in [1.54, 1.807) is 0 Å². The van der Waals surface area contributed by atoms with Crippen LogP contribution < -0.4 is 0 Å². The molecule has 1 unspecified atom stereocenters. The number of rotatable bonds is 2. The summed E-state index contributed by atoms with van der Waals surface area (Å²) >= 11 is 1.48. The van der Waals surface area contributed by atoms with Crippen LogP contribution in [0.5, 0.6) is 0 Å². The lowest BCUT2D eigenvalue weighted by molar-refractivity contribution is -0.192. The van der Waals surface area contributed by atoms with E-state index in [1.165, 1.54) is 16.2 Å². The maximum atomic E-state index is 12.8. The van der Waals surface area contributed by atoms with Gasteiger partial charge in [0, 0.05) is 11.9 Å². The van der Waals surface area contributed by atoms with Crippen LogP contribution in [0.25, 0.3) is 0 Å². The smallest absolute Gasteiger partial charge is 0.286 e. The zero-order valence-corrected chi connectivity index (χ0v) is 10.4. The SMILES string of the molecule is Cc1nc(CN2CCCCC2C(F)(F)F)cs1. The van der Waals surface area contributed by atoms with Crippen molar-refractivity contribution in [2.24, 2.45) is 0 Å². The second-order valence-corrected chi connectivity index (χ2v) is 5.44. The fourth-order valence-corrected chi connectivity index (χ4v) is 2.84. The molecule has 0 bridgehead atoms. The van der Waals surface area contributed by atoms with E-state index in [9.17, 15) is 13.2 Å². The van der Waals surface area contributed by atoms with Gasteiger partial charge in [-0.2, -0.15) is 13.2 Å². The number of aromatic nitrogens is 1. The molecular formula is C11H15F3N2S. The van der Waals surface area contributed by atoms with Gasteiger partial charge in [-0.05, 0) is 26.3 Å². The summed E-state index contributed by atoms with van der Waals surface area (Å²) in [6.07, 6.45) is -2.40. The monoisotopic (exact) mass is 264 g/mol. The molecule has 1 aromatic heterocycles. The van der Waals surface area contributed by atoms with E-state index in [4.69, 9.17) is 0 Å². The van der Waals surface area contributed by atoms with Gasteiger partial charge in [0.1, 0.15) is 6.04 Å². The van der Waals surface area contributed by atoms with Crippen LogP contribution in [0.3, 0.4) is 0 Å². The van der Waals surface area contributed by atoms with Gasteiger partial charge in [0.15, 0.2) is 0 Å². The van der Waals surface area contributed by atoms with Crippen LogP contribution in [0.1, 0.15) is 30.0 Å². The lowest BCUT2D eigenvalue weighted by atomic mass is 10.0. The van der Waals surface area contributed by atoms with Crippen LogP contribution in [0.2, 0.25) is 0 Å². The fraction of sp³-hybridized carbons (Fsp3) is 0.727. The Bertz CT molecular complexity index is 375. The predicted octanol–water partition coefficient (Wildman–Crippen LogP) is 3.37. The molecular weight excluding hydrogens is 249 g/mol. The van der Waals surface area contributed by atoms with E-state index in [2.05, 4.69) is 4.98 Å². The molecule has 0 N–H and O–H groups in total. The summed E-state index contributed by atoms with van der Waals surface area (Å²) in [6, 6.07) is -1.29. The van der Waals surface area contributed by atoms with Crippen LogP contribution in [0.15, 0.2) is 5.38 Å². The van der Waals surface area contributed by atoms with E-state index in [-0.39, 0.29) is 6.42 Å². The largest absolute Gasteiger partial charge is 0.404 e. The normalized spacial score (nSPS) is 22.9. The molecule has 0 aliphatic carbocycles. The molecule has 1 aromatic rings. The molecule has 1 saturated heterocycles. The van der Waals surface area contributed by atoms with Gasteiger partial charge < -0.3 is 0 Å². The van der Waals surface area contributed by atoms with E-state index < -0.39 is 12.2 Å². The lowest BCUT2D eigenvalue weighted by Gasteiger charge is -2.36. The van der Waals surface area contributed by atoms with Crippen molar-refractivity contribution in [3.05, 3.63) is 16.1 Å². The fourth-order valence-electron chi connectivity index (χ4n) is 2.24. The number of likely N-dealkylation sites (tertiary alicyclic amines) is 1. The van der Waals surface area contributed by atoms with Gasteiger partial charge in [-0.3, -0.25) is 4.90 Å². The Labute approximate surface area is 102 Å². The van der Waals surface area contributed by atoms with Gasteiger partial charge in [-0.25, -0.2) is 4.98 Å². The molecule has 96 valence electrons. The van der Waals surface area contributed by atoms with Crippen molar-refractivity contribution in [1.29, 1.82) is 0 Å². The van der Waals surface area contributed by atoms with Crippen molar-refractivity contribution < 1.29 is 13.2 Å². The molecule has 1 atom stereocenters. The quantitative estimate of drug-likeness (QED) is 0.814. The average molecular weight is 264 g/mol. The Balaban J connectivity index is 2.06. The highest BCUT2D eigenvalue weighted by atomic mass is 32.1. The highest BCUT2D eigenvalue weighted by Gasteiger charge is 2.44. The highest BCUT2D eigenvalue weighted by Crippen LogP contribution is 2.32. The maximum absolute atomic E-state index is 12.8. The Kier molecular flexibility index (Phi) is 3.73. The maximum Gasteiger partial charge on any atom is 0.404 e. The summed E-state index contributed by atoms with van der Waals surface area (Å²) in [4.78, 5) is 5.74. The molecule has 1 fully saturated rings. The molecule has 2 nitrogen and oxygen atoms in total. The van der Waals surface area contributed by atoms with E-state index in [0.29, 0.717) is 19.5 Å². The number of nitrogens with zero attached hydrogens (tertiary/aromatic N) is 2. The summed E-state index contributed by atoms with van der Waals surface area (Å²) in [7, 11) is 0. The molecule has 17 heavy (non-hydrogen) atoms. The minimum atomic E-state index is -4.12. The van der Waals surface area contributed by atoms with Gasteiger partial charge in [0.05, 0.1) is 10.7 Å². The summed E-state index contributed by atoms with van der Waals surface area (Å²) in [5, 5.41) is 2.75. The molecule has 1 aliphatic heterocycles. The minimum Gasteiger partial charge on any atom is -0.286 e. The molecule has 0 radical (unpaired) electrons. The molecule has 0 aromatic carbocycles. The number of thiazole rings is 1. The second-order valence-electron chi connectivity index (χ2n) is 4.38. The van der Waals surface area contributed by atoms with Crippen LogP contribution >= 0.6 is 11.3 Å². The second kappa shape index (κ2) is 4.94. The predicted molar refractivity (Wildman–Crippen MR) is 61.0 cm³/mol. The Morgan fingerprint density at radius 3 is 2.82 bits per heavy atom. The summed E-state index contributed by atoms with van der Waals surface area (Å²) < 4.78 is 38.5. The van der Waals surface area contributed by atoms with Crippen molar-refractivity contribution in [1.82, 2.24) is 9.88 Å². The topological polar surface area (TPSA) is 16.1 Å². The van der Waals surface area contributed by atoms with E-state index in [1.807, 2.05) is 12.3 Å². The minimum absolute atomic E-state index is 0.215.